The van der Waals surface area contributed by atoms with Crippen LogP contribution in [0.1, 0.15) is 79.1 Å². The fourth-order valence-electron chi connectivity index (χ4n) is 1.96. The van der Waals surface area contributed by atoms with Gasteiger partial charge in [-0.15, -0.1) is 11.8 Å². The van der Waals surface area contributed by atoms with Gasteiger partial charge in [0.25, 0.3) is 0 Å². The van der Waals surface area contributed by atoms with Gasteiger partial charge in [-0.05, 0) is 12.8 Å². The van der Waals surface area contributed by atoms with E-state index in [9.17, 15) is 9.59 Å². The molecule has 0 spiro atoms. The van der Waals surface area contributed by atoms with Gasteiger partial charge in [-0.1, -0.05) is 53.4 Å². The first-order valence-corrected chi connectivity index (χ1v) is 8.57. The highest BCUT2D eigenvalue weighted by molar-refractivity contribution is 8.01. The fraction of sp³-hybridized carbons (Fsp3) is 0.875. The van der Waals surface area contributed by atoms with Crippen molar-refractivity contribution in [1.29, 1.82) is 0 Å². The summed E-state index contributed by atoms with van der Waals surface area (Å²) in [6, 6.07) is 0. The Balaban J connectivity index is 3.82. The summed E-state index contributed by atoms with van der Waals surface area (Å²) in [4.78, 5) is 23.1. The largest absolute Gasteiger partial charge is 0.299 e. The molecule has 0 aromatic rings. The first-order valence-electron chi connectivity index (χ1n) is 7.58. The Bertz CT molecular complexity index is 272. The highest BCUT2D eigenvalue weighted by Gasteiger charge is 2.20. The van der Waals surface area contributed by atoms with E-state index in [1.807, 2.05) is 6.92 Å². The van der Waals surface area contributed by atoms with Crippen molar-refractivity contribution in [2.24, 2.45) is 0 Å². The van der Waals surface area contributed by atoms with Gasteiger partial charge in [-0.3, -0.25) is 9.59 Å². The molecule has 0 heterocycles. The molecule has 0 radical (unpaired) electrons. The molecule has 0 saturated heterocycles. The van der Waals surface area contributed by atoms with Crippen LogP contribution < -0.4 is 0 Å². The second kappa shape index (κ2) is 10.5. The zero-order valence-corrected chi connectivity index (χ0v) is 13.9. The molecule has 0 aliphatic heterocycles. The van der Waals surface area contributed by atoms with Crippen LogP contribution in [0.3, 0.4) is 0 Å². The second-order valence-corrected chi connectivity index (χ2v) is 7.55. The number of Topliss-reactive ketones (excluding diaryl/α,β-unsaturated/α-hetero) is 2. The molecule has 0 aliphatic rings. The van der Waals surface area contributed by atoms with Crippen molar-refractivity contribution in [3.63, 3.8) is 0 Å². The van der Waals surface area contributed by atoms with Crippen LogP contribution in [0.5, 0.6) is 0 Å². The maximum Gasteiger partial charge on any atom is 0.150 e. The van der Waals surface area contributed by atoms with E-state index in [0.717, 1.165) is 12.8 Å². The lowest BCUT2D eigenvalue weighted by Crippen LogP contribution is -2.19. The Labute approximate surface area is 123 Å². The number of unbranched alkanes of at least 4 members (excludes halogenated alkanes) is 3. The molecule has 0 atom stereocenters. The second-order valence-electron chi connectivity index (χ2n) is 5.86. The molecule has 0 aromatic carbocycles. The van der Waals surface area contributed by atoms with Crippen molar-refractivity contribution in [3.8, 4) is 0 Å². The molecule has 0 bridgehead atoms. The van der Waals surface area contributed by atoms with Crippen molar-refractivity contribution in [3.05, 3.63) is 0 Å². The Morgan fingerprint density at radius 2 is 1.63 bits per heavy atom. The van der Waals surface area contributed by atoms with Gasteiger partial charge in [-0.25, -0.2) is 0 Å². The van der Waals surface area contributed by atoms with Gasteiger partial charge in [0.15, 0.2) is 0 Å². The molecule has 3 heteroatoms. The van der Waals surface area contributed by atoms with Gasteiger partial charge in [0, 0.05) is 11.2 Å². The number of thioether (sulfide) groups is 1. The molecule has 19 heavy (non-hydrogen) atoms. The molecular formula is C16H30O2S. The zero-order valence-electron chi connectivity index (χ0n) is 13.1. The average Bonchev–Trinajstić information content (AvgIpc) is 2.33. The fourth-order valence-corrected chi connectivity index (χ4v) is 2.91. The minimum Gasteiger partial charge on any atom is -0.299 e. The summed E-state index contributed by atoms with van der Waals surface area (Å²) in [6.07, 6.45) is 7.72. The zero-order chi connectivity index (χ0) is 14.7. The van der Waals surface area contributed by atoms with Crippen LogP contribution in [0, 0.1) is 0 Å². The summed E-state index contributed by atoms with van der Waals surface area (Å²) >= 11 is 1.70. The van der Waals surface area contributed by atoms with Crippen LogP contribution >= 0.6 is 11.8 Å². The number of hydrogen-bond acceptors (Lipinski definition) is 3. The average molecular weight is 286 g/mol. The predicted octanol–water partition coefficient (Wildman–Crippen LogP) is 4.80. The predicted molar refractivity (Wildman–Crippen MR) is 84.8 cm³/mol. The van der Waals surface area contributed by atoms with Gasteiger partial charge in [0.1, 0.15) is 11.6 Å². The number of ketones is 2. The Morgan fingerprint density at radius 3 is 2.21 bits per heavy atom. The highest BCUT2D eigenvalue weighted by atomic mass is 32.2. The third-order valence-electron chi connectivity index (χ3n) is 3.18. The quantitative estimate of drug-likeness (QED) is 0.382. The van der Waals surface area contributed by atoms with Crippen LogP contribution in [0.15, 0.2) is 0 Å². The summed E-state index contributed by atoms with van der Waals surface area (Å²) < 4.78 is 0.150. The third kappa shape index (κ3) is 11.2. The summed E-state index contributed by atoms with van der Waals surface area (Å²) in [5, 5.41) is 0. The molecule has 0 unspecified atom stereocenters. The molecule has 0 saturated carbocycles. The number of carbonyl (C=O) groups is 2. The molecule has 0 aromatic heterocycles. The van der Waals surface area contributed by atoms with Gasteiger partial charge < -0.3 is 0 Å². The SMILES string of the molecule is CCCCCCC(C)(C)SCC(=O)CC(=O)CCC. The lowest BCUT2D eigenvalue weighted by molar-refractivity contribution is -0.125. The lowest BCUT2D eigenvalue weighted by atomic mass is 10.0. The minimum absolute atomic E-state index is 0.0880. The van der Waals surface area contributed by atoms with E-state index >= 15 is 0 Å². The molecule has 0 rings (SSSR count). The van der Waals surface area contributed by atoms with Crippen molar-refractivity contribution in [2.45, 2.75) is 83.8 Å². The molecular weight excluding hydrogens is 256 g/mol. The van der Waals surface area contributed by atoms with Crippen LogP contribution in [-0.2, 0) is 9.59 Å². The van der Waals surface area contributed by atoms with E-state index in [4.69, 9.17) is 0 Å². The van der Waals surface area contributed by atoms with Crippen LogP contribution in [0.2, 0.25) is 0 Å². The Morgan fingerprint density at radius 1 is 0.947 bits per heavy atom. The van der Waals surface area contributed by atoms with E-state index in [0.29, 0.717) is 12.2 Å². The third-order valence-corrected chi connectivity index (χ3v) is 4.63. The summed E-state index contributed by atoms with van der Waals surface area (Å²) in [7, 11) is 0. The Kier molecular flexibility index (Phi) is 10.3. The molecule has 112 valence electrons. The number of rotatable bonds is 12. The van der Waals surface area contributed by atoms with Crippen molar-refractivity contribution < 1.29 is 9.59 Å². The first-order chi connectivity index (χ1) is 8.91. The maximum atomic E-state index is 11.7. The van der Waals surface area contributed by atoms with E-state index in [2.05, 4.69) is 20.8 Å². The molecule has 0 fully saturated rings. The highest BCUT2D eigenvalue weighted by Crippen LogP contribution is 2.30. The van der Waals surface area contributed by atoms with Gasteiger partial charge >= 0.3 is 0 Å². The monoisotopic (exact) mass is 286 g/mol. The van der Waals surface area contributed by atoms with E-state index in [1.165, 1.54) is 25.7 Å². The van der Waals surface area contributed by atoms with Crippen molar-refractivity contribution in [2.75, 3.05) is 5.75 Å². The molecule has 2 nitrogen and oxygen atoms in total. The summed E-state index contributed by atoms with van der Waals surface area (Å²) in [6.45, 7) is 8.58. The molecule has 0 aliphatic carbocycles. The van der Waals surface area contributed by atoms with Crippen LogP contribution in [-0.4, -0.2) is 22.1 Å². The summed E-state index contributed by atoms with van der Waals surface area (Å²) in [5.41, 5.74) is 0. The number of carbonyl (C=O) groups excluding carboxylic acids is 2. The Hall–Kier alpha value is -0.310. The topological polar surface area (TPSA) is 34.1 Å². The van der Waals surface area contributed by atoms with E-state index in [-0.39, 0.29) is 22.7 Å². The van der Waals surface area contributed by atoms with E-state index < -0.39 is 0 Å². The normalized spacial score (nSPS) is 11.6. The minimum atomic E-state index is 0.0880. The van der Waals surface area contributed by atoms with Crippen LogP contribution in [0.4, 0.5) is 0 Å². The molecule has 0 N–H and O–H groups in total. The van der Waals surface area contributed by atoms with Gasteiger partial charge in [0.05, 0.1) is 12.2 Å². The van der Waals surface area contributed by atoms with Crippen LogP contribution in [0.25, 0.3) is 0 Å². The molecule has 0 amide bonds. The van der Waals surface area contributed by atoms with Crippen molar-refractivity contribution in [1.82, 2.24) is 0 Å². The summed E-state index contributed by atoms with van der Waals surface area (Å²) in [5.74, 6) is 0.662. The smallest absolute Gasteiger partial charge is 0.150 e. The number of hydrogen-bond donors (Lipinski definition) is 0. The standard InChI is InChI=1S/C16H30O2S/c1-5-7-8-9-11-16(3,4)19-13-15(18)12-14(17)10-6-2/h5-13H2,1-4H3. The van der Waals surface area contributed by atoms with Crippen molar-refractivity contribution >= 4 is 23.3 Å². The first kappa shape index (κ1) is 18.7. The lowest BCUT2D eigenvalue weighted by Gasteiger charge is -2.23. The van der Waals surface area contributed by atoms with E-state index in [1.54, 1.807) is 11.8 Å². The van der Waals surface area contributed by atoms with Gasteiger partial charge in [-0.2, -0.15) is 0 Å². The maximum absolute atomic E-state index is 11.7. The van der Waals surface area contributed by atoms with Gasteiger partial charge in [0.2, 0.25) is 0 Å².